The number of carbonyl (C=O) groups is 1. The lowest BCUT2D eigenvalue weighted by Gasteiger charge is -2.06. The van der Waals surface area contributed by atoms with Gasteiger partial charge in [0.1, 0.15) is 18.1 Å². The highest BCUT2D eigenvalue weighted by Gasteiger charge is 2.16. The zero-order valence-corrected chi connectivity index (χ0v) is 16.1. The van der Waals surface area contributed by atoms with Crippen molar-refractivity contribution in [1.29, 1.82) is 0 Å². The van der Waals surface area contributed by atoms with E-state index in [9.17, 15) is 9.59 Å². The number of rotatable bonds is 10. The minimum Gasteiger partial charge on any atom is -0.463 e. The van der Waals surface area contributed by atoms with Gasteiger partial charge in [-0.2, -0.15) is 0 Å². The number of aromatic nitrogens is 2. The molecule has 1 heterocycles. The Morgan fingerprint density at radius 1 is 1.39 bits per heavy atom. The second-order valence-electron chi connectivity index (χ2n) is 5.34. The van der Waals surface area contributed by atoms with E-state index in [0.29, 0.717) is 13.2 Å². The summed E-state index contributed by atoms with van der Waals surface area (Å²) in [4.78, 5) is 25.3. The van der Waals surface area contributed by atoms with Crippen LogP contribution in [-0.2, 0) is 21.3 Å². The van der Waals surface area contributed by atoms with Crippen LogP contribution in [0.25, 0.3) is 0 Å². The molecule has 0 saturated carbocycles. The molecule has 1 radical (unpaired) electrons. The topological polar surface area (TPSA) is 72.5 Å². The monoisotopic (exact) mass is 358 g/mol. The van der Waals surface area contributed by atoms with Crippen molar-refractivity contribution in [2.45, 2.75) is 38.0 Å². The molecular weight excluding hydrogens is 332 g/mol. The van der Waals surface area contributed by atoms with Crippen molar-refractivity contribution >= 4 is 26.8 Å². The highest BCUT2D eigenvalue weighted by molar-refractivity contribution is 7.99. The van der Waals surface area contributed by atoms with Crippen molar-refractivity contribution in [3.63, 3.8) is 0 Å². The number of thioether (sulfide) groups is 1. The summed E-state index contributed by atoms with van der Waals surface area (Å²) >= 11 is 1.37. The number of nitrogens with zero attached hydrogens (tertiary/aromatic N) is 2. The molecule has 129 valence electrons. The van der Waals surface area contributed by atoms with E-state index in [1.807, 2.05) is 38.1 Å². The first-order valence-electron chi connectivity index (χ1n) is 7.62. The maximum Gasteiger partial charge on any atom is 0.359 e. The van der Waals surface area contributed by atoms with E-state index in [2.05, 4.69) is 4.98 Å². The van der Waals surface area contributed by atoms with Crippen LogP contribution in [-0.4, -0.2) is 50.4 Å². The zero-order valence-electron chi connectivity index (χ0n) is 14.3. The Morgan fingerprint density at radius 2 is 2.13 bits per heavy atom. The van der Waals surface area contributed by atoms with Gasteiger partial charge in [-0.25, -0.2) is 4.57 Å². The molecule has 0 fully saturated rings. The Balaban J connectivity index is 2.18. The Morgan fingerprint density at radius 3 is 2.83 bits per heavy atom. The number of esters is 1. The van der Waals surface area contributed by atoms with Crippen molar-refractivity contribution in [2.75, 3.05) is 25.6 Å². The van der Waals surface area contributed by atoms with Gasteiger partial charge >= 0.3 is 11.1 Å². The largest absolute Gasteiger partial charge is 0.463 e. The second kappa shape index (κ2) is 10.7. The molecule has 0 spiro atoms. The molecule has 8 heteroatoms. The van der Waals surface area contributed by atoms with Crippen LogP contribution in [0.1, 0.15) is 17.8 Å². The van der Waals surface area contributed by atoms with Crippen molar-refractivity contribution in [3.05, 3.63) is 17.5 Å². The summed E-state index contributed by atoms with van der Waals surface area (Å²) in [6.07, 6.45) is 0.847. The third kappa shape index (κ3) is 8.45. The normalized spacial score (nSPS) is 11.0. The Kier molecular flexibility index (Phi) is 9.38. The van der Waals surface area contributed by atoms with Crippen LogP contribution in [0.4, 0.5) is 0 Å². The molecule has 0 bridgehead atoms. The molecule has 1 aromatic rings. The summed E-state index contributed by atoms with van der Waals surface area (Å²) in [6.45, 7) is 7.05. The molecule has 0 unspecified atom stereocenters. The van der Waals surface area contributed by atoms with E-state index >= 15 is 0 Å². The van der Waals surface area contributed by atoms with Crippen molar-refractivity contribution in [3.8, 4) is 0 Å². The van der Waals surface area contributed by atoms with E-state index in [1.54, 1.807) is 0 Å². The zero-order chi connectivity index (χ0) is 17.2. The maximum atomic E-state index is 11.7. The van der Waals surface area contributed by atoms with Gasteiger partial charge in [0.15, 0.2) is 5.69 Å². The lowest BCUT2D eigenvalue weighted by atomic mass is 10.3. The highest BCUT2D eigenvalue weighted by Crippen LogP contribution is 2.12. The van der Waals surface area contributed by atoms with Crippen LogP contribution in [0.15, 0.2) is 11.2 Å². The van der Waals surface area contributed by atoms with Crippen LogP contribution < -0.4 is 4.57 Å². The standard InChI is InChI=1S/C15H26N2O4SSi/c1-12-10-13(2)17(3)15(16-12)22-11-14(18)21-8-7-20-6-5-9-23(4)19/h10,19H,5-9,11H2,1-4H3/q+1. The third-order valence-electron chi connectivity index (χ3n) is 3.14. The molecule has 0 amide bonds. The minimum absolute atomic E-state index is 0.232. The van der Waals surface area contributed by atoms with Crippen molar-refractivity contribution in [1.82, 2.24) is 4.98 Å². The first-order chi connectivity index (χ1) is 10.9. The number of aryl methyl sites for hydroxylation is 2. The molecule has 0 aromatic carbocycles. The lowest BCUT2D eigenvalue weighted by Crippen LogP contribution is -2.36. The van der Waals surface area contributed by atoms with Crippen LogP contribution in [0.5, 0.6) is 0 Å². The van der Waals surface area contributed by atoms with E-state index < -0.39 is 9.04 Å². The number of hydrogen-bond acceptors (Lipinski definition) is 6. The van der Waals surface area contributed by atoms with E-state index in [-0.39, 0.29) is 18.3 Å². The number of ether oxygens (including phenoxy) is 2. The summed E-state index contributed by atoms with van der Waals surface area (Å²) in [5.41, 5.74) is 2.03. The Labute approximate surface area is 144 Å². The summed E-state index contributed by atoms with van der Waals surface area (Å²) in [7, 11) is 0.770. The van der Waals surface area contributed by atoms with Gasteiger partial charge in [0.2, 0.25) is 9.04 Å². The summed E-state index contributed by atoms with van der Waals surface area (Å²) in [5.74, 6) is -0.0375. The molecule has 23 heavy (non-hydrogen) atoms. The van der Waals surface area contributed by atoms with Crippen molar-refractivity contribution in [2.24, 2.45) is 7.05 Å². The number of carbonyl (C=O) groups excluding carboxylic acids is 1. The molecule has 0 aliphatic carbocycles. The molecule has 0 aliphatic rings. The molecule has 1 aromatic heterocycles. The lowest BCUT2D eigenvalue weighted by molar-refractivity contribution is -0.719. The molecule has 1 rings (SSSR count). The average molecular weight is 359 g/mol. The number of hydrogen-bond donors (Lipinski definition) is 1. The molecule has 0 saturated heterocycles. The van der Waals surface area contributed by atoms with E-state index in [1.165, 1.54) is 11.8 Å². The third-order valence-corrected chi connectivity index (χ3v) is 5.22. The fourth-order valence-corrected chi connectivity index (χ4v) is 3.38. The second-order valence-corrected chi connectivity index (χ2v) is 8.25. The Hall–Kier alpha value is -0.963. The fourth-order valence-electron chi connectivity index (χ4n) is 1.85. The van der Waals surface area contributed by atoms with Crippen LogP contribution >= 0.6 is 11.8 Å². The van der Waals surface area contributed by atoms with E-state index in [4.69, 9.17) is 9.47 Å². The highest BCUT2D eigenvalue weighted by atomic mass is 32.2. The smallest absolute Gasteiger partial charge is 0.359 e. The predicted molar refractivity (Wildman–Crippen MR) is 90.6 cm³/mol. The minimum atomic E-state index is -1.16. The molecule has 0 atom stereocenters. The average Bonchev–Trinajstić information content (AvgIpc) is 2.48. The van der Waals surface area contributed by atoms with Crippen LogP contribution in [0.2, 0.25) is 12.6 Å². The first kappa shape index (κ1) is 20.1. The molecule has 0 aliphatic heterocycles. The SMILES string of the molecule is Cc1cc(C)[n+](C)c(SCC(=O)OCCOCCC[Si](C)O)n1. The van der Waals surface area contributed by atoms with Crippen LogP contribution in [0, 0.1) is 13.8 Å². The summed E-state index contributed by atoms with van der Waals surface area (Å²) < 4.78 is 12.4. The van der Waals surface area contributed by atoms with Gasteiger partial charge in [-0.05, 0) is 42.7 Å². The van der Waals surface area contributed by atoms with Gasteiger partial charge in [-0.1, -0.05) is 0 Å². The van der Waals surface area contributed by atoms with Gasteiger partial charge in [0.05, 0.1) is 13.7 Å². The van der Waals surface area contributed by atoms with Gasteiger partial charge in [0.25, 0.3) is 0 Å². The van der Waals surface area contributed by atoms with Gasteiger partial charge < -0.3 is 14.3 Å². The quantitative estimate of drug-likeness (QED) is 0.169. The van der Waals surface area contributed by atoms with Crippen LogP contribution in [0.3, 0.4) is 0 Å². The maximum absolute atomic E-state index is 11.7. The molecule has 1 N–H and O–H groups in total. The Bertz CT molecular complexity index is 514. The first-order valence-corrected chi connectivity index (χ1v) is 10.8. The van der Waals surface area contributed by atoms with Gasteiger partial charge in [-0.3, -0.25) is 4.79 Å². The molecule has 6 nitrogen and oxygen atoms in total. The van der Waals surface area contributed by atoms with E-state index in [0.717, 1.165) is 29.0 Å². The van der Waals surface area contributed by atoms with Gasteiger partial charge in [-0.15, -0.1) is 0 Å². The summed E-state index contributed by atoms with van der Waals surface area (Å²) in [6, 6.07) is 2.82. The summed E-state index contributed by atoms with van der Waals surface area (Å²) in [5, 5.41) is 0.803. The van der Waals surface area contributed by atoms with Crippen molar-refractivity contribution < 1.29 is 23.6 Å². The fraction of sp³-hybridized carbons (Fsp3) is 0.667. The van der Waals surface area contributed by atoms with Gasteiger partial charge in [0, 0.05) is 19.6 Å². The molecular formula is C15H26N2O4SSi+. The predicted octanol–water partition coefficient (Wildman–Crippen LogP) is 1.18.